The van der Waals surface area contributed by atoms with E-state index in [1.807, 2.05) is 6.07 Å². The number of benzene rings is 1. The molecule has 0 bridgehead atoms. The molecule has 1 atom stereocenters. The van der Waals surface area contributed by atoms with Gasteiger partial charge < -0.3 is 20.1 Å². The molecule has 1 aromatic rings. The summed E-state index contributed by atoms with van der Waals surface area (Å²) in [5.41, 5.74) is 1.95. The van der Waals surface area contributed by atoms with Crippen molar-refractivity contribution in [2.24, 2.45) is 5.92 Å². The Kier molecular flexibility index (Phi) is 7.06. The van der Waals surface area contributed by atoms with Crippen LogP contribution in [0.4, 0.5) is 5.69 Å². The van der Waals surface area contributed by atoms with E-state index in [0.717, 1.165) is 23.7 Å². The summed E-state index contributed by atoms with van der Waals surface area (Å²) in [5, 5.41) is 11.5. The van der Waals surface area contributed by atoms with Crippen LogP contribution in [-0.2, 0) is 14.4 Å². The molecule has 1 saturated heterocycles. The number of aliphatic hydroxyl groups excluding tert-OH is 1. The molecule has 1 aromatic carbocycles. The predicted octanol–water partition coefficient (Wildman–Crippen LogP) is 0.116. The van der Waals surface area contributed by atoms with Crippen molar-refractivity contribution in [3.05, 3.63) is 29.3 Å². The van der Waals surface area contributed by atoms with Crippen molar-refractivity contribution < 1.29 is 24.3 Å². The van der Waals surface area contributed by atoms with Crippen LogP contribution < -0.4 is 10.2 Å². The monoisotopic (exact) mass is 375 g/mol. The van der Waals surface area contributed by atoms with E-state index in [-0.39, 0.29) is 25.4 Å². The van der Waals surface area contributed by atoms with E-state index >= 15 is 0 Å². The Morgan fingerprint density at radius 3 is 2.59 bits per heavy atom. The van der Waals surface area contributed by atoms with Gasteiger partial charge in [-0.3, -0.25) is 19.3 Å². The Balaban J connectivity index is 2.21. The van der Waals surface area contributed by atoms with Crippen molar-refractivity contribution in [1.82, 2.24) is 10.2 Å². The fourth-order valence-electron chi connectivity index (χ4n) is 3.17. The van der Waals surface area contributed by atoms with Gasteiger partial charge in [0.05, 0.1) is 0 Å². The zero-order valence-corrected chi connectivity index (χ0v) is 15.6. The van der Waals surface area contributed by atoms with Crippen LogP contribution in [0.15, 0.2) is 18.2 Å². The van der Waals surface area contributed by atoms with E-state index in [2.05, 4.69) is 10.2 Å². The molecule has 2 rings (SSSR count). The number of hydrogen-bond donors (Lipinski definition) is 2. The minimum atomic E-state index is -1.04. The van der Waals surface area contributed by atoms with Crippen molar-refractivity contribution in [1.29, 1.82) is 0 Å². The molecule has 1 fully saturated rings. The van der Waals surface area contributed by atoms with E-state index in [9.17, 15) is 19.2 Å². The minimum Gasteiger partial charge on any atom is -0.396 e. The number of hydrogen-bond acceptors (Lipinski definition) is 6. The number of carbonyl (C=O) groups excluding carboxylic acids is 4. The Morgan fingerprint density at radius 1 is 1.37 bits per heavy atom. The smallest absolute Gasteiger partial charge is 0.261 e. The largest absolute Gasteiger partial charge is 0.396 e. The molecule has 0 radical (unpaired) electrons. The highest BCUT2D eigenvalue weighted by molar-refractivity contribution is 6.04. The maximum Gasteiger partial charge on any atom is 0.261 e. The lowest BCUT2D eigenvalue weighted by Gasteiger charge is -2.40. The van der Waals surface area contributed by atoms with Crippen LogP contribution in [0, 0.1) is 12.8 Å². The summed E-state index contributed by atoms with van der Waals surface area (Å²) in [6.07, 6.45) is 1.12. The molecule has 0 aromatic heterocycles. The van der Waals surface area contributed by atoms with Crippen LogP contribution in [0.25, 0.3) is 0 Å². The molecule has 1 heterocycles. The van der Waals surface area contributed by atoms with E-state index in [4.69, 9.17) is 5.11 Å². The molecule has 1 aliphatic rings. The number of aryl methyl sites for hydroxylation is 1. The molecular weight excluding hydrogens is 350 g/mol. The van der Waals surface area contributed by atoms with Gasteiger partial charge in [0.1, 0.15) is 12.3 Å². The van der Waals surface area contributed by atoms with Crippen LogP contribution in [0.2, 0.25) is 0 Å². The van der Waals surface area contributed by atoms with Gasteiger partial charge in [-0.2, -0.15) is 0 Å². The first kappa shape index (κ1) is 20.6. The topological polar surface area (TPSA) is 107 Å². The van der Waals surface area contributed by atoms with Gasteiger partial charge in [-0.15, -0.1) is 0 Å². The van der Waals surface area contributed by atoms with E-state index in [1.54, 1.807) is 19.1 Å². The quantitative estimate of drug-likeness (QED) is 0.594. The van der Waals surface area contributed by atoms with Gasteiger partial charge in [0.2, 0.25) is 12.3 Å². The Morgan fingerprint density at radius 2 is 2.07 bits per heavy atom. The second-order valence-corrected chi connectivity index (χ2v) is 6.64. The molecule has 0 spiro atoms. The van der Waals surface area contributed by atoms with Gasteiger partial charge in [0.25, 0.3) is 5.91 Å². The van der Waals surface area contributed by atoms with Gasteiger partial charge >= 0.3 is 0 Å². The van der Waals surface area contributed by atoms with Crippen molar-refractivity contribution in [3.8, 4) is 0 Å². The summed E-state index contributed by atoms with van der Waals surface area (Å²) in [7, 11) is 1.41. The maximum absolute atomic E-state index is 12.9. The van der Waals surface area contributed by atoms with Gasteiger partial charge in [0.15, 0.2) is 0 Å². The highest BCUT2D eigenvalue weighted by Crippen LogP contribution is 2.27. The number of nitrogens with one attached hydrogen (secondary N) is 1. The first-order valence-corrected chi connectivity index (χ1v) is 8.86. The van der Waals surface area contributed by atoms with Crippen LogP contribution in [0.5, 0.6) is 0 Å². The number of likely N-dealkylation sites (N-methyl/N-ethyl adjacent to an activating group) is 1. The second kappa shape index (κ2) is 9.27. The highest BCUT2D eigenvalue weighted by atomic mass is 16.3. The number of aldehydes is 1. The molecule has 27 heavy (non-hydrogen) atoms. The summed E-state index contributed by atoms with van der Waals surface area (Å²) >= 11 is 0. The van der Waals surface area contributed by atoms with Gasteiger partial charge in [-0.25, -0.2) is 0 Å². The van der Waals surface area contributed by atoms with Gasteiger partial charge in [0, 0.05) is 50.3 Å². The fraction of sp³-hybridized carbons (Fsp3) is 0.474. The zero-order valence-electron chi connectivity index (χ0n) is 15.6. The lowest BCUT2D eigenvalue weighted by atomic mass is 9.98. The molecular formula is C19H25N3O5. The van der Waals surface area contributed by atoms with Crippen LogP contribution in [0.1, 0.15) is 28.8 Å². The third kappa shape index (κ3) is 4.51. The van der Waals surface area contributed by atoms with Gasteiger partial charge in [-0.05, 0) is 37.1 Å². The van der Waals surface area contributed by atoms with Crippen LogP contribution in [0.3, 0.4) is 0 Å². The van der Waals surface area contributed by atoms with E-state index in [1.165, 1.54) is 7.05 Å². The number of nitrogens with zero attached hydrogens (tertiary/aromatic N) is 2. The standard InChI is InChI=1S/C19H25N3O5/c1-13-8-15(21-9-14(10-21)11-24)5-6-16(13)19(27)22(12-25)17(4-3-7-23)18(26)20-2/h5-8,12,14,17,24H,3-4,9-11H2,1-2H3,(H,20,26). The molecule has 1 aliphatic heterocycles. The molecule has 0 saturated carbocycles. The number of carbonyl (C=O) groups is 4. The number of imide groups is 1. The molecule has 1 unspecified atom stereocenters. The average Bonchev–Trinajstić information content (AvgIpc) is 2.63. The Hall–Kier alpha value is -2.74. The number of aliphatic hydroxyl groups is 1. The highest BCUT2D eigenvalue weighted by Gasteiger charge is 2.31. The van der Waals surface area contributed by atoms with Gasteiger partial charge in [-0.1, -0.05) is 0 Å². The first-order chi connectivity index (χ1) is 13.0. The lowest BCUT2D eigenvalue weighted by Crippen LogP contribution is -2.49. The number of amides is 3. The summed E-state index contributed by atoms with van der Waals surface area (Å²) in [6.45, 7) is 3.44. The fourth-order valence-corrected chi connectivity index (χ4v) is 3.17. The van der Waals surface area contributed by atoms with E-state index in [0.29, 0.717) is 23.8 Å². The minimum absolute atomic E-state index is 0.0641. The Labute approximate surface area is 158 Å². The maximum atomic E-state index is 12.9. The normalized spacial score (nSPS) is 14.9. The number of rotatable bonds is 9. The molecule has 2 N–H and O–H groups in total. The number of anilines is 1. The first-order valence-electron chi connectivity index (χ1n) is 8.86. The summed E-state index contributed by atoms with van der Waals surface area (Å²) < 4.78 is 0. The lowest BCUT2D eigenvalue weighted by molar-refractivity contribution is -0.131. The predicted molar refractivity (Wildman–Crippen MR) is 99.4 cm³/mol. The van der Waals surface area contributed by atoms with Crippen molar-refractivity contribution in [2.45, 2.75) is 25.8 Å². The molecule has 3 amide bonds. The third-order valence-corrected chi connectivity index (χ3v) is 4.81. The Bertz CT molecular complexity index is 715. The third-order valence-electron chi connectivity index (χ3n) is 4.81. The summed E-state index contributed by atoms with van der Waals surface area (Å²) in [4.78, 5) is 50.1. The van der Waals surface area contributed by atoms with Crippen molar-refractivity contribution >= 4 is 30.2 Å². The molecule has 0 aliphatic carbocycles. The summed E-state index contributed by atoms with van der Waals surface area (Å²) in [5.74, 6) is -0.809. The molecule has 146 valence electrons. The SMILES string of the molecule is CNC(=O)C(CCC=O)N(C=O)C(=O)c1ccc(N2CC(CO)C2)cc1C. The summed E-state index contributed by atoms with van der Waals surface area (Å²) in [6, 6.07) is 4.24. The average molecular weight is 375 g/mol. The molecule has 8 nitrogen and oxygen atoms in total. The van der Waals surface area contributed by atoms with Crippen molar-refractivity contribution in [2.75, 3.05) is 31.6 Å². The second-order valence-electron chi connectivity index (χ2n) is 6.64. The molecule has 8 heteroatoms. The van der Waals surface area contributed by atoms with E-state index < -0.39 is 17.9 Å². The van der Waals surface area contributed by atoms with Crippen LogP contribution >= 0.6 is 0 Å². The zero-order chi connectivity index (χ0) is 20.0. The van der Waals surface area contributed by atoms with Crippen molar-refractivity contribution in [3.63, 3.8) is 0 Å². The van der Waals surface area contributed by atoms with Crippen LogP contribution in [-0.4, -0.2) is 67.3 Å².